The number of benzene rings is 1. The average Bonchev–Trinajstić information content (AvgIpc) is 2.84. The number of nitrogens with zero attached hydrogens (tertiary/aromatic N) is 2. The van der Waals surface area contributed by atoms with E-state index in [1.54, 1.807) is 0 Å². The normalized spacial score (nSPS) is 12.8. The lowest BCUT2D eigenvalue weighted by molar-refractivity contribution is 0.163. The number of hydrogen-bond donors (Lipinski definition) is 2. The minimum absolute atomic E-state index is 0.252. The highest BCUT2D eigenvalue weighted by Gasteiger charge is 2.10. The van der Waals surface area contributed by atoms with Gasteiger partial charge in [0.25, 0.3) is 0 Å². The van der Waals surface area contributed by atoms with Crippen LogP contribution >= 0.6 is 0 Å². The van der Waals surface area contributed by atoms with Crippen molar-refractivity contribution >= 4 is 0 Å². The highest BCUT2D eigenvalue weighted by molar-refractivity contribution is 5.63. The van der Waals surface area contributed by atoms with Crippen LogP contribution in [0.3, 0.4) is 0 Å². The van der Waals surface area contributed by atoms with Gasteiger partial charge in [-0.1, -0.05) is 23.8 Å². The highest BCUT2D eigenvalue weighted by atomic mass is 16.3. The molecule has 0 fully saturated rings. The van der Waals surface area contributed by atoms with Crippen molar-refractivity contribution in [2.45, 2.75) is 32.9 Å². The standard InChI is InChI=1S/C16H23N3O/c1-12-5-4-6-14(9-12)16-15(10-17-18-16)11-19(3)8-7-13(2)20/h4-6,9-10,13,20H,7-8,11H2,1-3H3,(H,17,18). The fourth-order valence-electron chi connectivity index (χ4n) is 2.26. The second-order valence-electron chi connectivity index (χ2n) is 5.52. The lowest BCUT2D eigenvalue weighted by Crippen LogP contribution is -2.22. The Hall–Kier alpha value is -1.65. The lowest BCUT2D eigenvalue weighted by atomic mass is 10.1. The maximum absolute atomic E-state index is 9.35. The van der Waals surface area contributed by atoms with Gasteiger partial charge in [-0.2, -0.15) is 5.10 Å². The molecule has 1 heterocycles. The summed E-state index contributed by atoms with van der Waals surface area (Å²) in [5.74, 6) is 0. The number of rotatable bonds is 6. The summed E-state index contributed by atoms with van der Waals surface area (Å²) in [6.45, 7) is 5.61. The second-order valence-corrected chi connectivity index (χ2v) is 5.52. The molecule has 0 amide bonds. The van der Waals surface area contributed by atoms with Gasteiger partial charge < -0.3 is 10.0 Å². The second kappa shape index (κ2) is 6.68. The smallest absolute Gasteiger partial charge is 0.0695 e. The molecule has 108 valence electrons. The van der Waals surface area contributed by atoms with Crippen molar-refractivity contribution in [2.75, 3.05) is 13.6 Å². The van der Waals surface area contributed by atoms with E-state index >= 15 is 0 Å². The monoisotopic (exact) mass is 273 g/mol. The quantitative estimate of drug-likeness (QED) is 0.850. The first-order valence-corrected chi connectivity index (χ1v) is 7.02. The number of aliphatic hydroxyl groups is 1. The van der Waals surface area contributed by atoms with Crippen LogP contribution in [0.2, 0.25) is 0 Å². The van der Waals surface area contributed by atoms with Crippen molar-refractivity contribution in [3.8, 4) is 11.3 Å². The zero-order valence-electron chi connectivity index (χ0n) is 12.4. The average molecular weight is 273 g/mol. The molecule has 20 heavy (non-hydrogen) atoms. The fraction of sp³-hybridized carbons (Fsp3) is 0.438. The molecular weight excluding hydrogens is 250 g/mol. The summed E-state index contributed by atoms with van der Waals surface area (Å²) < 4.78 is 0. The molecule has 1 unspecified atom stereocenters. The summed E-state index contributed by atoms with van der Waals surface area (Å²) >= 11 is 0. The molecule has 1 aromatic carbocycles. The molecule has 2 aromatic rings. The Morgan fingerprint density at radius 2 is 2.20 bits per heavy atom. The SMILES string of the molecule is Cc1cccc(-c2[nH]ncc2CN(C)CCC(C)O)c1. The predicted molar refractivity (Wildman–Crippen MR) is 81.4 cm³/mol. The maximum Gasteiger partial charge on any atom is 0.0695 e. The van der Waals surface area contributed by atoms with Crippen LogP contribution in [-0.4, -0.2) is 39.9 Å². The van der Waals surface area contributed by atoms with Gasteiger partial charge in [-0.15, -0.1) is 0 Å². The molecule has 1 aromatic heterocycles. The molecule has 0 aliphatic rings. The highest BCUT2D eigenvalue weighted by Crippen LogP contribution is 2.22. The summed E-state index contributed by atoms with van der Waals surface area (Å²) in [4.78, 5) is 2.21. The van der Waals surface area contributed by atoms with E-state index in [-0.39, 0.29) is 6.10 Å². The van der Waals surface area contributed by atoms with Gasteiger partial charge in [0, 0.05) is 24.2 Å². The molecule has 0 aliphatic heterocycles. The van der Waals surface area contributed by atoms with Gasteiger partial charge in [0.15, 0.2) is 0 Å². The predicted octanol–water partition coefficient (Wildman–Crippen LogP) is 2.59. The van der Waals surface area contributed by atoms with Crippen molar-refractivity contribution < 1.29 is 5.11 Å². The Bertz CT molecular complexity index is 548. The van der Waals surface area contributed by atoms with Crippen molar-refractivity contribution in [1.82, 2.24) is 15.1 Å². The van der Waals surface area contributed by atoms with Crippen LogP contribution in [0.4, 0.5) is 0 Å². The molecule has 0 bridgehead atoms. The van der Waals surface area contributed by atoms with E-state index in [0.29, 0.717) is 0 Å². The number of nitrogens with one attached hydrogen (secondary N) is 1. The zero-order chi connectivity index (χ0) is 14.5. The molecule has 0 radical (unpaired) electrons. The van der Waals surface area contributed by atoms with E-state index in [2.05, 4.69) is 53.3 Å². The summed E-state index contributed by atoms with van der Waals surface area (Å²) in [5, 5.41) is 16.6. The number of hydrogen-bond acceptors (Lipinski definition) is 3. The molecule has 2 rings (SSSR count). The van der Waals surface area contributed by atoms with Gasteiger partial charge in [0.05, 0.1) is 18.0 Å². The van der Waals surface area contributed by atoms with E-state index in [1.807, 2.05) is 13.1 Å². The van der Waals surface area contributed by atoms with Crippen LogP contribution in [0.5, 0.6) is 0 Å². The van der Waals surface area contributed by atoms with E-state index in [0.717, 1.165) is 25.2 Å². The third kappa shape index (κ3) is 3.92. The summed E-state index contributed by atoms with van der Waals surface area (Å²) in [7, 11) is 2.06. The van der Waals surface area contributed by atoms with E-state index in [4.69, 9.17) is 0 Å². The van der Waals surface area contributed by atoms with Crippen molar-refractivity contribution in [3.63, 3.8) is 0 Å². The van der Waals surface area contributed by atoms with Crippen LogP contribution in [-0.2, 0) is 6.54 Å². The summed E-state index contributed by atoms with van der Waals surface area (Å²) in [6, 6.07) is 8.41. The van der Waals surface area contributed by atoms with Crippen LogP contribution in [0, 0.1) is 6.92 Å². The lowest BCUT2D eigenvalue weighted by Gasteiger charge is -2.17. The van der Waals surface area contributed by atoms with E-state index < -0.39 is 0 Å². The molecule has 4 heteroatoms. The molecule has 1 atom stereocenters. The minimum Gasteiger partial charge on any atom is -0.393 e. The Balaban J connectivity index is 2.09. The van der Waals surface area contributed by atoms with Crippen LogP contribution in [0.25, 0.3) is 11.3 Å². The van der Waals surface area contributed by atoms with Crippen molar-refractivity contribution in [2.24, 2.45) is 0 Å². The van der Waals surface area contributed by atoms with Gasteiger partial charge >= 0.3 is 0 Å². The number of aromatic amines is 1. The van der Waals surface area contributed by atoms with Gasteiger partial charge in [-0.25, -0.2) is 0 Å². The number of aryl methyl sites for hydroxylation is 1. The van der Waals surface area contributed by atoms with Crippen LogP contribution < -0.4 is 0 Å². The van der Waals surface area contributed by atoms with Gasteiger partial charge in [0.2, 0.25) is 0 Å². The molecule has 0 saturated carbocycles. The summed E-state index contributed by atoms with van der Waals surface area (Å²) in [6.07, 6.45) is 2.42. The molecule has 2 N–H and O–H groups in total. The largest absolute Gasteiger partial charge is 0.393 e. The Morgan fingerprint density at radius 3 is 2.90 bits per heavy atom. The molecule has 0 saturated heterocycles. The number of aromatic nitrogens is 2. The van der Waals surface area contributed by atoms with Crippen molar-refractivity contribution in [1.29, 1.82) is 0 Å². The van der Waals surface area contributed by atoms with Crippen molar-refractivity contribution in [3.05, 3.63) is 41.6 Å². The zero-order valence-corrected chi connectivity index (χ0v) is 12.4. The summed E-state index contributed by atoms with van der Waals surface area (Å²) in [5.41, 5.74) is 4.67. The Labute approximate surface area is 120 Å². The first-order valence-electron chi connectivity index (χ1n) is 7.02. The Kier molecular flexibility index (Phi) is 4.93. The van der Waals surface area contributed by atoms with E-state index in [9.17, 15) is 5.11 Å². The van der Waals surface area contributed by atoms with Crippen LogP contribution in [0.1, 0.15) is 24.5 Å². The number of H-pyrrole nitrogens is 1. The molecular formula is C16H23N3O. The topological polar surface area (TPSA) is 52.2 Å². The Morgan fingerprint density at radius 1 is 1.40 bits per heavy atom. The molecule has 0 spiro atoms. The van der Waals surface area contributed by atoms with Gasteiger partial charge in [-0.3, -0.25) is 5.10 Å². The third-order valence-electron chi connectivity index (χ3n) is 3.39. The fourth-order valence-corrected chi connectivity index (χ4v) is 2.26. The third-order valence-corrected chi connectivity index (χ3v) is 3.39. The first-order chi connectivity index (χ1) is 9.56. The molecule has 0 aliphatic carbocycles. The number of aliphatic hydroxyl groups excluding tert-OH is 1. The maximum atomic E-state index is 9.35. The van der Waals surface area contributed by atoms with Gasteiger partial charge in [-0.05, 0) is 33.4 Å². The van der Waals surface area contributed by atoms with E-state index in [1.165, 1.54) is 16.7 Å². The van der Waals surface area contributed by atoms with Gasteiger partial charge in [0.1, 0.15) is 0 Å². The minimum atomic E-state index is -0.252. The first kappa shape index (κ1) is 14.8. The molecule has 4 nitrogen and oxygen atoms in total. The van der Waals surface area contributed by atoms with Crippen LogP contribution in [0.15, 0.2) is 30.5 Å².